The van der Waals surface area contributed by atoms with Crippen molar-refractivity contribution in [3.8, 4) is 0 Å². The Bertz CT molecular complexity index is 900. The fourth-order valence-electron chi connectivity index (χ4n) is 2.93. The summed E-state index contributed by atoms with van der Waals surface area (Å²) in [5, 5.41) is 7.59. The van der Waals surface area contributed by atoms with Gasteiger partial charge in [-0.15, -0.1) is 0 Å². The van der Waals surface area contributed by atoms with Crippen molar-refractivity contribution in [2.24, 2.45) is 7.05 Å². The Morgan fingerprint density at radius 3 is 2.95 bits per heavy atom. The average molecular weight is 403 g/mol. The normalized spacial score (nSPS) is 16.6. The van der Waals surface area contributed by atoms with Crippen LogP contribution in [0.5, 0.6) is 0 Å². The SMILES string of the molecule is Cn1ccc2cc(Nc3cccc4c3C(I)NC4=O)ccc21. The summed E-state index contributed by atoms with van der Waals surface area (Å²) in [4.78, 5) is 11.9. The number of hydrogen-bond acceptors (Lipinski definition) is 2. The second-order valence-electron chi connectivity index (χ2n) is 5.43. The van der Waals surface area contributed by atoms with E-state index in [1.165, 1.54) is 10.9 Å². The van der Waals surface area contributed by atoms with E-state index in [9.17, 15) is 4.79 Å². The summed E-state index contributed by atoms with van der Waals surface area (Å²) in [7, 11) is 2.04. The summed E-state index contributed by atoms with van der Waals surface area (Å²) in [6.45, 7) is 0. The summed E-state index contributed by atoms with van der Waals surface area (Å²) < 4.78 is 2.10. The zero-order valence-corrected chi connectivity index (χ0v) is 14.1. The van der Waals surface area contributed by atoms with Crippen LogP contribution in [0.1, 0.15) is 20.0 Å². The van der Waals surface area contributed by atoms with Gasteiger partial charge in [-0.25, -0.2) is 0 Å². The molecule has 0 bridgehead atoms. The van der Waals surface area contributed by atoms with Crippen LogP contribution in [0.25, 0.3) is 10.9 Å². The predicted octanol–water partition coefficient (Wildman–Crippen LogP) is 4.10. The highest BCUT2D eigenvalue weighted by molar-refractivity contribution is 14.1. The molecule has 0 aliphatic carbocycles. The fraction of sp³-hybridized carbons (Fsp3) is 0.118. The monoisotopic (exact) mass is 403 g/mol. The minimum absolute atomic E-state index is 0.00318. The number of nitrogens with one attached hydrogen (secondary N) is 2. The smallest absolute Gasteiger partial charge is 0.252 e. The van der Waals surface area contributed by atoms with Gasteiger partial charge in [-0.3, -0.25) is 4.79 Å². The van der Waals surface area contributed by atoms with Crippen LogP contribution >= 0.6 is 22.6 Å². The second-order valence-corrected chi connectivity index (χ2v) is 6.67. The third-order valence-electron chi connectivity index (χ3n) is 4.03. The largest absolute Gasteiger partial charge is 0.355 e. The van der Waals surface area contributed by atoms with Crippen LogP contribution < -0.4 is 10.6 Å². The standard InChI is InChI=1S/C17H14IN3O/c1-21-8-7-10-9-11(5-6-14(10)21)19-13-4-2-3-12-15(13)16(18)20-17(12)22/h2-9,16,19H,1H3,(H,20,22). The van der Waals surface area contributed by atoms with Gasteiger partial charge in [0, 0.05) is 46.6 Å². The number of alkyl halides is 1. The molecule has 4 nitrogen and oxygen atoms in total. The molecular formula is C17H14IN3O. The van der Waals surface area contributed by atoms with Gasteiger partial charge < -0.3 is 15.2 Å². The Morgan fingerprint density at radius 1 is 1.23 bits per heavy atom. The number of hydrogen-bond donors (Lipinski definition) is 2. The van der Waals surface area contributed by atoms with Gasteiger partial charge in [-0.05, 0) is 36.4 Å². The van der Waals surface area contributed by atoms with E-state index in [4.69, 9.17) is 0 Å². The van der Waals surface area contributed by atoms with E-state index in [-0.39, 0.29) is 9.96 Å². The molecule has 0 fully saturated rings. The molecule has 0 saturated heterocycles. The Kier molecular flexibility index (Phi) is 3.11. The zero-order chi connectivity index (χ0) is 15.3. The van der Waals surface area contributed by atoms with Gasteiger partial charge in [0.15, 0.2) is 0 Å². The Hall–Kier alpha value is -2.02. The van der Waals surface area contributed by atoms with Gasteiger partial charge in [-0.1, -0.05) is 28.7 Å². The average Bonchev–Trinajstić information content (AvgIpc) is 3.01. The highest BCUT2D eigenvalue weighted by Crippen LogP contribution is 2.37. The number of aromatic nitrogens is 1. The molecular weight excluding hydrogens is 389 g/mol. The van der Waals surface area contributed by atoms with E-state index >= 15 is 0 Å². The number of carbonyl (C=O) groups is 1. The lowest BCUT2D eigenvalue weighted by molar-refractivity contribution is 0.0966. The first-order valence-corrected chi connectivity index (χ1v) is 8.28. The quantitative estimate of drug-likeness (QED) is 0.385. The van der Waals surface area contributed by atoms with Crippen molar-refractivity contribution in [2.45, 2.75) is 4.05 Å². The van der Waals surface area contributed by atoms with Crippen molar-refractivity contribution >= 4 is 50.8 Å². The van der Waals surface area contributed by atoms with E-state index in [2.05, 4.69) is 68.3 Å². The number of anilines is 2. The molecule has 1 atom stereocenters. The maximum atomic E-state index is 11.9. The van der Waals surface area contributed by atoms with Crippen molar-refractivity contribution < 1.29 is 4.79 Å². The predicted molar refractivity (Wildman–Crippen MR) is 96.9 cm³/mol. The first-order chi connectivity index (χ1) is 10.6. The first-order valence-electron chi connectivity index (χ1n) is 7.03. The number of benzene rings is 2. The molecule has 3 aromatic rings. The van der Waals surface area contributed by atoms with Crippen LogP contribution in [0.4, 0.5) is 11.4 Å². The van der Waals surface area contributed by atoms with E-state index in [0.29, 0.717) is 0 Å². The Labute approximate surface area is 141 Å². The number of nitrogens with zero attached hydrogens (tertiary/aromatic N) is 1. The molecule has 1 amide bonds. The summed E-state index contributed by atoms with van der Waals surface area (Å²) in [6.07, 6.45) is 2.05. The Balaban J connectivity index is 1.75. The summed E-state index contributed by atoms with van der Waals surface area (Å²) >= 11 is 2.25. The van der Waals surface area contributed by atoms with E-state index < -0.39 is 0 Å². The van der Waals surface area contributed by atoms with Crippen LogP contribution in [0.15, 0.2) is 48.7 Å². The minimum atomic E-state index is -0.00318. The van der Waals surface area contributed by atoms with Crippen molar-refractivity contribution in [1.29, 1.82) is 0 Å². The number of amides is 1. The third-order valence-corrected chi connectivity index (χ3v) is 4.96. The van der Waals surface area contributed by atoms with Crippen LogP contribution in [0.3, 0.4) is 0 Å². The molecule has 1 aliphatic rings. The van der Waals surface area contributed by atoms with Gasteiger partial charge >= 0.3 is 0 Å². The van der Waals surface area contributed by atoms with E-state index in [0.717, 1.165) is 22.5 Å². The zero-order valence-electron chi connectivity index (χ0n) is 11.9. The van der Waals surface area contributed by atoms with Crippen molar-refractivity contribution in [1.82, 2.24) is 9.88 Å². The summed E-state index contributed by atoms with van der Waals surface area (Å²) in [5.74, 6) is -0.00318. The maximum absolute atomic E-state index is 11.9. The molecule has 2 aromatic carbocycles. The molecule has 1 aliphatic heterocycles. The van der Waals surface area contributed by atoms with Crippen LogP contribution in [-0.4, -0.2) is 10.5 Å². The molecule has 110 valence electrons. The number of carbonyl (C=O) groups excluding carboxylic acids is 1. The molecule has 0 saturated carbocycles. The molecule has 5 heteroatoms. The highest BCUT2D eigenvalue weighted by atomic mass is 127. The fourth-order valence-corrected chi connectivity index (χ4v) is 3.88. The maximum Gasteiger partial charge on any atom is 0.252 e. The van der Waals surface area contributed by atoms with Gasteiger partial charge in [0.1, 0.15) is 4.05 Å². The lowest BCUT2D eigenvalue weighted by Crippen LogP contribution is -2.14. The molecule has 4 rings (SSSR count). The second kappa shape index (κ2) is 5.01. The van der Waals surface area contributed by atoms with E-state index in [1.807, 2.05) is 25.2 Å². The summed E-state index contributed by atoms with van der Waals surface area (Å²) in [6, 6.07) is 14.2. The van der Waals surface area contributed by atoms with E-state index in [1.54, 1.807) is 0 Å². The van der Waals surface area contributed by atoms with Gasteiger partial charge in [-0.2, -0.15) is 0 Å². The number of halogens is 1. The van der Waals surface area contributed by atoms with Gasteiger partial charge in [0.25, 0.3) is 5.91 Å². The number of fused-ring (bicyclic) bond motifs is 2. The molecule has 1 unspecified atom stereocenters. The minimum Gasteiger partial charge on any atom is -0.355 e. The van der Waals surface area contributed by atoms with Crippen LogP contribution in [0.2, 0.25) is 0 Å². The molecule has 0 radical (unpaired) electrons. The topological polar surface area (TPSA) is 46.1 Å². The Morgan fingerprint density at radius 2 is 2.09 bits per heavy atom. The number of rotatable bonds is 2. The molecule has 22 heavy (non-hydrogen) atoms. The van der Waals surface area contributed by atoms with Crippen LogP contribution in [-0.2, 0) is 7.05 Å². The van der Waals surface area contributed by atoms with Crippen LogP contribution in [0, 0.1) is 0 Å². The number of aryl methyl sites for hydroxylation is 1. The lowest BCUT2D eigenvalue weighted by Gasteiger charge is -2.13. The van der Waals surface area contributed by atoms with Gasteiger partial charge in [0.2, 0.25) is 0 Å². The molecule has 1 aromatic heterocycles. The third kappa shape index (κ3) is 2.08. The van der Waals surface area contributed by atoms with Crippen molar-refractivity contribution in [2.75, 3.05) is 5.32 Å². The summed E-state index contributed by atoms with van der Waals surface area (Å²) in [5.41, 5.74) is 4.99. The first kappa shape index (κ1) is 13.6. The van der Waals surface area contributed by atoms with Gasteiger partial charge in [0.05, 0.1) is 0 Å². The van der Waals surface area contributed by atoms with Crippen molar-refractivity contribution in [3.63, 3.8) is 0 Å². The highest BCUT2D eigenvalue weighted by Gasteiger charge is 2.28. The molecule has 2 heterocycles. The lowest BCUT2D eigenvalue weighted by atomic mass is 10.1. The van der Waals surface area contributed by atoms with Crippen molar-refractivity contribution in [3.05, 3.63) is 59.8 Å². The molecule has 0 spiro atoms. The molecule has 2 N–H and O–H groups in total.